The summed E-state index contributed by atoms with van der Waals surface area (Å²) in [7, 11) is 0. The Bertz CT molecular complexity index is 468. The minimum atomic E-state index is -2.82. The smallest absolute Gasteiger partial charge is 0.311 e. The van der Waals surface area contributed by atoms with Crippen LogP contribution in [-0.2, 0) is 16.0 Å². The summed E-state index contributed by atoms with van der Waals surface area (Å²) >= 11 is 0. The molecule has 0 aromatic carbocycles. The van der Waals surface area contributed by atoms with Gasteiger partial charge in [0.25, 0.3) is 12.0 Å². The van der Waals surface area contributed by atoms with E-state index in [1.165, 1.54) is 13.0 Å². The Balaban J connectivity index is 2.99. The molecule has 4 nitrogen and oxygen atoms in total. The predicted molar refractivity (Wildman–Crippen MR) is 57.1 cm³/mol. The number of ether oxygens (including phenoxy) is 1. The van der Waals surface area contributed by atoms with Gasteiger partial charge in [0, 0.05) is 5.69 Å². The average molecular weight is 245 g/mol. The number of pyridine rings is 1. The standard InChI is InChI=1S/C11H13F2NO3/c1-3-17-8(15)5-7-4-6(2)9(10(12)13)11(16)14-7/h4,10H,3,5H2,1-2H3,(H,14,16). The van der Waals surface area contributed by atoms with E-state index in [1.54, 1.807) is 6.92 Å². The Morgan fingerprint density at radius 3 is 2.65 bits per heavy atom. The summed E-state index contributed by atoms with van der Waals surface area (Å²) in [4.78, 5) is 24.8. The molecule has 1 aromatic rings. The zero-order chi connectivity index (χ0) is 13.0. The minimum absolute atomic E-state index is 0.132. The van der Waals surface area contributed by atoms with Crippen molar-refractivity contribution in [3.63, 3.8) is 0 Å². The van der Waals surface area contributed by atoms with Crippen molar-refractivity contribution in [3.05, 3.63) is 33.2 Å². The van der Waals surface area contributed by atoms with Crippen LogP contribution in [0, 0.1) is 6.92 Å². The van der Waals surface area contributed by atoms with Gasteiger partial charge in [0.15, 0.2) is 0 Å². The number of alkyl halides is 2. The number of aromatic nitrogens is 1. The van der Waals surface area contributed by atoms with Crippen molar-refractivity contribution in [1.82, 2.24) is 4.98 Å². The molecule has 6 heteroatoms. The first-order valence-corrected chi connectivity index (χ1v) is 5.12. The third kappa shape index (κ3) is 3.37. The summed E-state index contributed by atoms with van der Waals surface area (Å²) in [6.07, 6.45) is -2.96. The fraction of sp³-hybridized carbons (Fsp3) is 0.455. The van der Waals surface area contributed by atoms with Crippen LogP contribution in [-0.4, -0.2) is 17.6 Å². The first-order valence-electron chi connectivity index (χ1n) is 5.12. The van der Waals surface area contributed by atoms with Crippen molar-refractivity contribution in [2.45, 2.75) is 26.7 Å². The molecule has 0 spiro atoms. The minimum Gasteiger partial charge on any atom is -0.466 e. The highest BCUT2D eigenvalue weighted by molar-refractivity contribution is 5.72. The Morgan fingerprint density at radius 1 is 1.53 bits per heavy atom. The molecule has 1 rings (SSSR count). The van der Waals surface area contributed by atoms with Gasteiger partial charge in [-0.15, -0.1) is 0 Å². The summed E-state index contributed by atoms with van der Waals surface area (Å²) in [6, 6.07) is 1.36. The maximum absolute atomic E-state index is 12.5. The molecule has 0 fully saturated rings. The molecule has 0 radical (unpaired) electrons. The fourth-order valence-electron chi connectivity index (χ4n) is 1.50. The first-order chi connectivity index (χ1) is 7.95. The van der Waals surface area contributed by atoms with E-state index in [0.29, 0.717) is 0 Å². The Morgan fingerprint density at radius 2 is 2.18 bits per heavy atom. The Hall–Kier alpha value is -1.72. The molecule has 1 aromatic heterocycles. The van der Waals surface area contributed by atoms with Gasteiger partial charge in [-0.25, -0.2) is 8.78 Å². The normalized spacial score (nSPS) is 10.6. The molecule has 0 bridgehead atoms. The fourth-order valence-corrected chi connectivity index (χ4v) is 1.50. The zero-order valence-corrected chi connectivity index (χ0v) is 9.55. The van der Waals surface area contributed by atoms with Gasteiger partial charge in [0.1, 0.15) is 0 Å². The second-order valence-corrected chi connectivity index (χ2v) is 3.50. The van der Waals surface area contributed by atoms with Crippen molar-refractivity contribution < 1.29 is 18.3 Å². The van der Waals surface area contributed by atoms with Crippen molar-refractivity contribution in [1.29, 1.82) is 0 Å². The van der Waals surface area contributed by atoms with E-state index in [-0.39, 0.29) is 24.3 Å². The van der Waals surface area contributed by atoms with Crippen LogP contribution < -0.4 is 5.56 Å². The lowest BCUT2D eigenvalue weighted by atomic mass is 10.1. The molecule has 1 N–H and O–H groups in total. The van der Waals surface area contributed by atoms with Gasteiger partial charge in [-0.3, -0.25) is 9.59 Å². The molecule has 0 saturated heterocycles. The zero-order valence-electron chi connectivity index (χ0n) is 9.55. The van der Waals surface area contributed by atoms with Gasteiger partial charge in [0.2, 0.25) is 0 Å². The van der Waals surface area contributed by atoms with Crippen LogP contribution in [0.2, 0.25) is 0 Å². The number of rotatable bonds is 4. The number of H-pyrrole nitrogens is 1. The largest absolute Gasteiger partial charge is 0.466 e. The molecule has 0 atom stereocenters. The second kappa shape index (κ2) is 5.56. The number of carbonyl (C=O) groups is 1. The van der Waals surface area contributed by atoms with Gasteiger partial charge in [0.05, 0.1) is 18.6 Å². The molecule has 0 unspecified atom stereocenters. The van der Waals surface area contributed by atoms with Gasteiger partial charge >= 0.3 is 5.97 Å². The highest BCUT2D eigenvalue weighted by Crippen LogP contribution is 2.18. The summed E-state index contributed by atoms with van der Waals surface area (Å²) in [6.45, 7) is 3.30. The van der Waals surface area contributed by atoms with Crippen molar-refractivity contribution in [2.75, 3.05) is 6.61 Å². The summed E-state index contributed by atoms with van der Waals surface area (Å²) in [5.74, 6) is -0.507. The number of aromatic amines is 1. The van der Waals surface area contributed by atoms with Crippen LogP contribution in [0.3, 0.4) is 0 Å². The van der Waals surface area contributed by atoms with Crippen LogP contribution in [0.25, 0.3) is 0 Å². The second-order valence-electron chi connectivity index (χ2n) is 3.50. The molecular weight excluding hydrogens is 232 g/mol. The molecule has 0 aliphatic carbocycles. The number of esters is 1. The number of halogens is 2. The number of nitrogens with one attached hydrogen (secondary N) is 1. The van der Waals surface area contributed by atoms with Gasteiger partial charge < -0.3 is 9.72 Å². The van der Waals surface area contributed by atoms with Crippen LogP contribution in [0.1, 0.15) is 30.2 Å². The maximum atomic E-state index is 12.5. The summed E-state index contributed by atoms with van der Waals surface area (Å²) in [5.41, 5.74) is -0.977. The highest BCUT2D eigenvalue weighted by atomic mass is 19.3. The molecule has 0 saturated carbocycles. The molecule has 0 aliphatic heterocycles. The SMILES string of the molecule is CCOC(=O)Cc1cc(C)c(C(F)F)c(=O)[nH]1. The van der Waals surface area contributed by atoms with Crippen LogP contribution in [0.4, 0.5) is 8.78 Å². The molecule has 94 valence electrons. The van der Waals surface area contributed by atoms with Crippen molar-refractivity contribution in [2.24, 2.45) is 0 Å². The van der Waals surface area contributed by atoms with Gasteiger partial charge in [-0.2, -0.15) is 0 Å². The summed E-state index contributed by atoms with van der Waals surface area (Å²) in [5, 5.41) is 0. The molecule has 0 aliphatic rings. The van der Waals surface area contributed by atoms with E-state index < -0.39 is 23.5 Å². The monoisotopic (exact) mass is 245 g/mol. The Labute approximate surface area is 96.6 Å². The van der Waals surface area contributed by atoms with Crippen LogP contribution in [0.5, 0.6) is 0 Å². The number of aryl methyl sites for hydroxylation is 1. The lowest BCUT2D eigenvalue weighted by molar-refractivity contribution is -0.142. The maximum Gasteiger partial charge on any atom is 0.311 e. The first kappa shape index (κ1) is 13.3. The van der Waals surface area contributed by atoms with E-state index >= 15 is 0 Å². The number of hydrogen-bond donors (Lipinski definition) is 1. The molecule has 0 amide bonds. The predicted octanol–water partition coefficient (Wildman–Crippen LogP) is 1.73. The van der Waals surface area contributed by atoms with Crippen molar-refractivity contribution >= 4 is 5.97 Å². The van der Waals surface area contributed by atoms with E-state index in [0.717, 1.165) is 0 Å². The van der Waals surface area contributed by atoms with Gasteiger partial charge in [-0.1, -0.05) is 0 Å². The third-order valence-corrected chi connectivity index (χ3v) is 2.19. The molecule has 17 heavy (non-hydrogen) atoms. The number of hydrogen-bond acceptors (Lipinski definition) is 3. The van der Waals surface area contributed by atoms with E-state index in [9.17, 15) is 18.4 Å². The molecule has 1 heterocycles. The van der Waals surface area contributed by atoms with E-state index in [4.69, 9.17) is 4.74 Å². The molecular formula is C11H13F2NO3. The van der Waals surface area contributed by atoms with E-state index in [1.807, 2.05) is 0 Å². The van der Waals surface area contributed by atoms with E-state index in [2.05, 4.69) is 4.98 Å². The average Bonchev–Trinajstić information content (AvgIpc) is 2.15. The lowest BCUT2D eigenvalue weighted by Gasteiger charge is -2.07. The van der Waals surface area contributed by atoms with Crippen molar-refractivity contribution in [3.8, 4) is 0 Å². The number of carbonyl (C=O) groups excluding carboxylic acids is 1. The van der Waals surface area contributed by atoms with Crippen LogP contribution >= 0.6 is 0 Å². The van der Waals surface area contributed by atoms with Gasteiger partial charge in [-0.05, 0) is 25.5 Å². The van der Waals surface area contributed by atoms with Crippen LogP contribution in [0.15, 0.2) is 10.9 Å². The topological polar surface area (TPSA) is 59.2 Å². The quantitative estimate of drug-likeness (QED) is 0.822. The lowest BCUT2D eigenvalue weighted by Crippen LogP contribution is -2.19. The third-order valence-electron chi connectivity index (χ3n) is 2.19. The Kier molecular flexibility index (Phi) is 4.37. The highest BCUT2D eigenvalue weighted by Gasteiger charge is 2.17. The summed E-state index contributed by atoms with van der Waals surface area (Å²) < 4.78 is 29.7.